The van der Waals surface area contributed by atoms with Crippen LogP contribution in [0.3, 0.4) is 0 Å². The summed E-state index contributed by atoms with van der Waals surface area (Å²) in [4.78, 5) is 16.4. The summed E-state index contributed by atoms with van der Waals surface area (Å²) in [6.45, 7) is 0. The number of carbonyl (C=O) groups is 1. The van der Waals surface area contributed by atoms with Crippen molar-refractivity contribution in [2.45, 2.75) is 0 Å². The SMILES string of the molecule is O=C1C(/C=N\Nc2ccccc2)=Nc2ccc(Br)cc21. The molecule has 1 heterocycles. The molecule has 1 aliphatic rings. The molecular weight excluding hydrogens is 318 g/mol. The molecule has 5 heteroatoms. The fourth-order valence-electron chi connectivity index (χ4n) is 1.87. The summed E-state index contributed by atoms with van der Waals surface area (Å²) in [5.74, 6) is -0.111. The van der Waals surface area contributed by atoms with E-state index in [9.17, 15) is 4.79 Å². The molecule has 0 fully saturated rings. The average molecular weight is 328 g/mol. The lowest BCUT2D eigenvalue weighted by atomic mass is 10.1. The average Bonchev–Trinajstić information content (AvgIpc) is 2.77. The number of aliphatic imine (C=N–C) groups is 1. The van der Waals surface area contributed by atoms with Gasteiger partial charge in [0.2, 0.25) is 5.78 Å². The molecule has 3 rings (SSSR count). The monoisotopic (exact) mass is 327 g/mol. The van der Waals surface area contributed by atoms with Gasteiger partial charge in [0, 0.05) is 4.47 Å². The minimum Gasteiger partial charge on any atom is -0.287 e. The van der Waals surface area contributed by atoms with Crippen molar-refractivity contribution in [1.29, 1.82) is 0 Å². The first-order valence-electron chi connectivity index (χ1n) is 6.01. The van der Waals surface area contributed by atoms with Crippen molar-refractivity contribution in [3.63, 3.8) is 0 Å². The highest BCUT2D eigenvalue weighted by molar-refractivity contribution is 9.10. The van der Waals surface area contributed by atoms with Crippen molar-refractivity contribution < 1.29 is 4.79 Å². The number of ketones is 1. The number of nitrogens with zero attached hydrogens (tertiary/aromatic N) is 2. The van der Waals surface area contributed by atoms with E-state index in [1.807, 2.05) is 42.5 Å². The zero-order chi connectivity index (χ0) is 13.9. The Morgan fingerprint density at radius 2 is 1.95 bits per heavy atom. The molecule has 0 spiro atoms. The summed E-state index contributed by atoms with van der Waals surface area (Å²) in [6, 6.07) is 15.0. The van der Waals surface area contributed by atoms with Crippen molar-refractivity contribution in [2.24, 2.45) is 10.1 Å². The second-order valence-corrected chi connectivity index (χ2v) is 5.14. The van der Waals surface area contributed by atoms with Crippen LogP contribution in [0, 0.1) is 0 Å². The van der Waals surface area contributed by atoms with E-state index in [2.05, 4.69) is 31.4 Å². The molecule has 20 heavy (non-hydrogen) atoms. The van der Waals surface area contributed by atoms with E-state index in [0.29, 0.717) is 17.0 Å². The van der Waals surface area contributed by atoms with Gasteiger partial charge in [-0.1, -0.05) is 34.1 Å². The van der Waals surface area contributed by atoms with Crippen LogP contribution in [0.5, 0.6) is 0 Å². The number of nitrogens with one attached hydrogen (secondary N) is 1. The number of hydrogen-bond donors (Lipinski definition) is 1. The third-order valence-electron chi connectivity index (χ3n) is 2.83. The van der Waals surface area contributed by atoms with Crippen molar-refractivity contribution in [3.05, 3.63) is 58.6 Å². The Kier molecular flexibility index (Phi) is 3.43. The van der Waals surface area contributed by atoms with E-state index in [1.165, 1.54) is 6.21 Å². The van der Waals surface area contributed by atoms with Gasteiger partial charge in [0.25, 0.3) is 0 Å². The molecule has 0 radical (unpaired) electrons. The maximum atomic E-state index is 12.1. The van der Waals surface area contributed by atoms with Crippen molar-refractivity contribution in [1.82, 2.24) is 0 Å². The summed E-state index contributed by atoms with van der Waals surface area (Å²) in [5, 5.41) is 4.04. The number of carbonyl (C=O) groups excluding carboxylic acids is 1. The van der Waals surface area contributed by atoms with Crippen molar-refractivity contribution in [3.8, 4) is 0 Å². The number of fused-ring (bicyclic) bond motifs is 1. The van der Waals surface area contributed by atoms with E-state index in [1.54, 1.807) is 6.07 Å². The van der Waals surface area contributed by atoms with Gasteiger partial charge in [0.05, 0.1) is 23.2 Å². The molecule has 0 aliphatic carbocycles. The number of anilines is 1. The number of halogens is 1. The van der Waals surface area contributed by atoms with Gasteiger partial charge in [0.1, 0.15) is 5.71 Å². The van der Waals surface area contributed by atoms with E-state index in [4.69, 9.17) is 0 Å². The highest BCUT2D eigenvalue weighted by atomic mass is 79.9. The zero-order valence-electron chi connectivity index (χ0n) is 10.4. The molecule has 1 N–H and O–H groups in total. The van der Waals surface area contributed by atoms with Crippen LogP contribution in [0.25, 0.3) is 0 Å². The van der Waals surface area contributed by atoms with Gasteiger partial charge in [-0.25, -0.2) is 4.99 Å². The fourth-order valence-corrected chi connectivity index (χ4v) is 2.24. The minimum absolute atomic E-state index is 0.111. The standard InChI is InChI=1S/C15H10BrN3O/c16-10-6-7-13-12(8-10)15(20)14(18-13)9-17-19-11-4-2-1-3-5-11/h1-9,19H/b17-9-. The second-order valence-electron chi connectivity index (χ2n) is 4.22. The molecule has 0 unspecified atom stereocenters. The van der Waals surface area contributed by atoms with Crippen molar-refractivity contribution in [2.75, 3.05) is 5.43 Å². The molecule has 0 amide bonds. The third-order valence-corrected chi connectivity index (χ3v) is 3.32. The molecule has 1 aliphatic heterocycles. The molecule has 0 atom stereocenters. The largest absolute Gasteiger partial charge is 0.287 e. The van der Waals surface area contributed by atoms with Crippen LogP contribution in [0.4, 0.5) is 11.4 Å². The van der Waals surface area contributed by atoms with Crippen LogP contribution in [-0.4, -0.2) is 17.7 Å². The Hall–Kier alpha value is -2.27. The first kappa shape index (κ1) is 12.7. The normalized spacial score (nSPS) is 13.4. The Morgan fingerprint density at radius 1 is 1.15 bits per heavy atom. The number of hydrazone groups is 1. The molecule has 0 bridgehead atoms. The minimum atomic E-state index is -0.111. The summed E-state index contributed by atoms with van der Waals surface area (Å²) in [5.41, 5.74) is 5.33. The first-order valence-corrected chi connectivity index (χ1v) is 6.80. The molecule has 2 aromatic rings. The number of para-hydroxylation sites is 1. The molecule has 0 saturated carbocycles. The highest BCUT2D eigenvalue weighted by Gasteiger charge is 2.23. The van der Waals surface area contributed by atoms with Gasteiger partial charge >= 0.3 is 0 Å². The number of hydrogen-bond acceptors (Lipinski definition) is 4. The molecule has 98 valence electrons. The van der Waals surface area contributed by atoms with E-state index >= 15 is 0 Å². The smallest absolute Gasteiger partial charge is 0.215 e. The Labute approximate surface area is 124 Å². The predicted octanol–water partition coefficient (Wildman–Crippen LogP) is 3.82. The van der Waals surface area contributed by atoms with Gasteiger partial charge in [0.15, 0.2) is 0 Å². The summed E-state index contributed by atoms with van der Waals surface area (Å²) in [6.07, 6.45) is 1.45. The van der Waals surface area contributed by atoms with E-state index in [0.717, 1.165) is 10.2 Å². The topological polar surface area (TPSA) is 53.8 Å². The molecular formula is C15H10BrN3O. The number of benzene rings is 2. The van der Waals surface area contributed by atoms with Gasteiger partial charge in [-0.3, -0.25) is 10.2 Å². The maximum absolute atomic E-state index is 12.1. The Morgan fingerprint density at radius 3 is 2.75 bits per heavy atom. The van der Waals surface area contributed by atoms with Crippen LogP contribution in [0.2, 0.25) is 0 Å². The van der Waals surface area contributed by atoms with E-state index < -0.39 is 0 Å². The van der Waals surface area contributed by atoms with Crippen LogP contribution < -0.4 is 5.43 Å². The quantitative estimate of drug-likeness (QED) is 0.688. The molecule has 0 saturated heterocycles. The zero-order valence-corrected chi connectivity index (χ0v) is 12.0. The summed E-state index contributed by atoms with van der Waals surface area (Å²) in [7, 11) is 0. The van der Waals surface area contributed by atoms with Gasteiger partial charge in [-0.15, -0.1) is 0 Å². The second kappa shape index (κ2) is 5.38. The van der Waals surface area contributed by atoms with Crippen LogP contribution in [-0.2, 0) is 0 Å². The molecule has 2 aromatic carbocycles. The lowest BCUT2D eigenvalue weighted by molar-refractivity contribution is 0.107. The fraction of sp³-hybridized carbons (Fsp3) is 0. The lowest BCUT2D eigenvalue weighted by Gasteiger charge is -1.97. The van der Waals surface area contributed by atoms with Gasteiger partial charge < -0.3 is 0 Å². The van der Waals surface area contributed by atoms with Gasteiger partial charge in [-0.2, -0.15) is 5.10 Å². The Balaban J connectivity index is 1.76. The molecule has 0 aromatic heterocycles. The lowest BCUT2D eigenvalue weighted by Crippen LogP contribution is -2.11. The Bertz CT molecular complexity index is 723. The summed E-state index contributed by atoms with van der Waals surface area (Å²) >= 11 is 3.35. The number of Topliss-reactive ketones (excluding diaryl/α,β-unsaturated/α-hetero) is 1. The third kappa shape index (κ3) is 2.53. The predicted molar refractivity (Wildman–Crippen MR) is 84.1 cm³/mol. The van der Waals surface area contributed by atoms with E-state index in [-0.39, 0.29) is 5.78 Å². The van der Waals surface area contributed by atoms with Crippen LogP contribution in [0.15, 0.2) is 63.1 Å². The van der Waals surface area contributed by atoms with Crippen molar-refractivity contribution >= 4 is 45.0 Å². The summed E-state index contributed by atoms with van der Waals surface area (Å²) < 4.78 is 0.861. The molecule has 4 nitrogen and oxygen atoms in total. The first-order chi connectivity index (χ1) is 9.74. The van der Waals surface area contributed by atoms with Crippen LogP contribution >= 0.6 is 15.9 Å². The number of rotatable bonds is 3. The maximum Gasteiger partial charge on any atom is 0.215 e. The van der Waals surface area contributed by atoms with Crippen LogP contribution in [0.1, 0.15) is 10.4 Å². The highest BCUT2D eigenvalue weighted by Crippen LogP contribution is 2.28. The van der Waals surface area contributed by atoms with Gasteiger partial charge in [-0.05, 0) is 30.3 Å².